The smallest absolute Gasteiger partial charge is 0.381 e. The summed E-state index contributed by atoms with van der Waals surface area (Å²) in [5.74, 6) is -104. The summed E-state index contributed by atoms with van der Waals surface area (Å²) in [4.78, 5) is 0. The summed E-state index contributed by atoms with van der Waals surface area (Å²) in [6, 6.07) is 0. The van der Waals surface area contributed by atoms with Crippen molar-refractivity contribution in [1.82, 2.24) is 0 Å². The molecule has 1 nitrogen and oxygen atoms in total. The average Bonchev–Trinajstić information content (AvgIpc) is 2.84. The molecule has 0 spiro atoms. The van der Waals surface area contributed by atoms with E-state index in [9.17, 15) is 127 Å². The monoisotopic (exact) mass is 788 g/mol. The molecule has 0 saturated carbocycles. The van der Waals surface area contributed by atoms with E-state index in [1.54, 1.807) is 0 Å². The molecular formula is C18H5F29O. The van der Waals surface area contributed by atoms with Crippen LogP contribution in [-0.2, 0) is 0 Å². The Morgan fingerprint density at radius 2 is 0.562 bits per heavy atom. The van der Waals surface area contributed by atoms with Crippen LogP contribution in [0.1, 0.15) is 6.92 Å². The van der Waals surface area contributed by atoms with Crippen molar-refractivity contribution in [3.8, 4) is 11.8 Å². The van der Waals surface area contributed by atoms with Crippen LogP contribution in [0.15, 0.2) is 0 Å². The van der Waals surface area contributed by atoms with Gasteiger partial charge < -0.3 is 5.11 Å². The summed E-state index contributed by atoms with van der Waals surface area (Å²) >= 11 is 0. The van der Waals surface area contributed by atoms with Crippen molar-refractivity contribution in [1.29, 1.82) is 0 Å². The number of aliphatic hydroxyl groups is 1. The van der Waals surface area contributed by atoms with Gasteiger partial charge in [0.1, 0.15) is 6.10 Å². The summed E-state index contributed by atoms with van der Waals surface area (Å²) < 4.78 is 389. The van der Waals surface area contributed by atoms with Gasteiger partial charge in [-0.3, -0.25) is 0 Å². The quantitative estimate of drug-likeness (QED) is 0.164. The highest BCUT2D eigenvalue weighted by molar-refractivity contribution is 5.25. The number of hydrogen-bond acceptors (Lipinski definition) is 1. The normalized spacial score (nSPS) is 18.2. The summed E-state index contributed by atoms with van der Waals surface area (Å²) in [6.45, 7) is 0.177. The molecule has 0 aromatic carbocycles. The van der Waals surface area contributed by atoms with Crippen molar-refractivity contribution in [3.63, 3.8) is 0 Å². The Morgan fingerprint density at radius 1 is 0.333 bits per heavy atom. The molecule has 286 valence electrons. The van der Waals surface area contributed by atoms with Crippen LogP contribution in [0, 0.1) is 11.8 Å². The highest BCUT2D eigenvalue weighted by atomic mass is 19.4. The van der Waals surface area contributed by atoms with Crippen molar-refractivity contribution in [2.45, 2.75) is 96.2 Å². The minimum absolute atomic E-state index is 0.177. The van der Waals surface area contributed by atoms with E-state index in [1.807, 2.05) is 0 Å². The summed E-state index contributed by atoms with van der Waals surface area (Å²) in [6.07, 6.45) is -20.4. The van der Waals surface area contributed by atoms with E-state index in [2.05, 4.69) is 0 Å². The number of hydrogen-bond donors (Lipinski definition) is 1. The van der Waals surface area contributed by atoms with E-state index in [1.165, 1.54) is 0 Å². The largest absolute Gasteiger partial charge is 0.457 e. The third-order valence-corrected chi connectivity index (χ3v) is 5.60. The number of rotatable bonds is 11. The van der Waals surface area contributed by atoms with Gasteiger partial charge in [-0.1, -0.05) is 5.92 Å². The first-order valence-electron chi connectivity index (χ1n) is 10.4. The molecule has 2 unspecified atom stereocenters. The first kappa shape index (κ1) is 45.5. The second-order valence-electron chi connectivity index (χ2n) is 8.92. The minimum Gasteiger partial charge on any atom is -0.381 e. The van der Waals surface area contributed by atoms with Gasteiger partial charge in [-0.2, -0.15) is 123 Å². The van der Waals surface area contributed by atoms with E-state index < -0.39 is 95.2 Å². The lowest BCUT2D eigenvalue weighted by atomic mass is 9.79. The minimum atomic E-state index is -10.1. The number of alkyl halides is 29. The van der Waals surface area contributed by atoms with E-state index in [0.717, 1.165) is 0 Å². The molecule has 30 heteroatoms. The van der Waals surface area contributed by atoms with Crippen molar-refractivity contribution in [2.75, 3.05) is 0 Å². The Morgan fingerprint density at radius 3 is 0.771 bits per heavy atom. The Labute approximate surface area is 242 Å². The topological polar surface area (TPSA) is 20.2 Å². The molecule has 0 saturated heterocycles. The standard InChI is InChI=1S/C18H5F29O/c1-4(48)2-3-5(19,20)7(22,23)10(28,29)12(32,33)14(36,37)16(40,41)15(38,39)13(34,35)11(30,31)8(24,25)6(21,17(42,43)44)9(26,27)18(45,46)47/h4,48H,1H3. The molecule has 2 atom stereocenters. The van der Waals surface area contributed by atoms with Crippen LogP contribution in [0.25, 0.3) is 0 Å². The molecule has 0 heterocycles. The molecule has 1 N–H and O–H groups in total. The van der Waals surface area contributed by atoms with Gasteiger partial charge >= 0.3 is 83.2 Å². The zero-order valence-corrected chi connectivity index (χ0v) is 21.0. The van der Waals surface area contributed by atoms with E-state index in [-0.39, 0.29) is 6.92 Å². The van der Waals surface area contributed by atoms with Gasteiger partial charge in [0.05, 0.1) is 0 Å². The third kappa shape index (κ3) is 5.41. The number of aliphatic hydroxyl groups excluding tert-OH is 1. The lowest BCUT2D eigenvalue weighted by Gasteiger charge is -2.47. The van der Waals surface area contributed by atoms with Gasteiger partial charge in [-0.15, -0.1) is 0 Å². The third-order valence-electron chi connectivity index (χ3n) is 5.60. The molecule has 48 heavy (non-hydrogen) atoms. The van der Waals surface area contributed by atoms with Crippen molar-refractivity contribution in [2.24, 2.45) is 0 Å². The van der Waals surface area contributed by atoms with Crippen LogP contribution in [0.5, 0.6) is 0 Å². The second-order valence-corrected chi connectivity index (χ2v) is 8.92. The Hall–Kier alpha value is -2.51. The summed E-state index contributed by atoms with van der Waals surface area (Å²) in [5, 5.41) is 8.49. The maximum absolute atomic E-state index is 13.9. The number of halogens is 29. The summed E-state index contributed by atoms with van der Waals surface area (Å²) in [7, 11) is 0. The van der Waals surface area contributed by atoms with Gasteiger partial charge in [0.15, 0.2) is 0 Å². The molecule has 0 aromatic heterocycles. The van der Waals surface area contributed by atoms with E-state index >= 15 is 0 Å². The van der Waals surface area contributed by atoms with E-state index in [4.69, 9.17) is 5.11 Å². The highest BCUT2D eigenvalue weighted by Gasteiger charge is 3.02. The van der Waals surface area contributed by atoms with Gasteiger partial charge in [-0.05, 0) is 12.8 Å². The maximum Gasteiger partial charge on any atom is 0.457 e. The first-order valence-corrected chi connectivity index (χ1v) is 10.4. The lowest BCUT2D eigenvalue weighted by Crippen LogP contribution is -2.81. The van der Waals surface area contributed by atoms with Crippen LogP contribution in [0.2, 0.25) is 0 Å². The predicted octanol–water partition coefficient (Wildman–Crippen LogP) is 9.19. The Balaban J connectivity index is 7.78. The molecule has 0 rings (SSSR count). The first-order chi connectivity index (χ1) is 20.2. The maximum atomic E-state index is 13.9. The molecule has 0 amide bonds. The molecule has 0 aromatic rings. The Kier molecular flexibility index (Phi) is 10.7. The van der Waals surface area contributed by atoms with Gasteiger partial charge in [0, 0.05) is 0 Å². The SMILES string of the molecule is CC(O)C#CC(F)(F)C(F)(F)C(F)(F)C(F)(F)C(F)(F)C(F)(F)C(F)(F)C(F)(F)C(F)(F)C(F)(F)C(F)(C(F)(F)F)C(F)(F)C(F)(F)F. The molecule has 0 aliphatic carbocycles. The fourth-order valence-electron chi connectivity index (χ4n) is 2.82. The molecule has 0 aliphatic rings. The van der Waals surface area contributed by atoms with Crippen LogP contribution in [-0.4, -0.2) is 94.4 Å². The van der Waals surface area contributed by atoms with Crippen LogP contribution >= 0.6 is 0 Å². The molecule has 0 bridgehead atoms. The van der Waals surface area contributed by atoms with E-state index in [0.29, 0.717) is 5.92 Å². The highest BCUT2D eigenvalue weighted by Crippen LogP contribution is 2.69. The van der Waals surface area contributed by atoms with Crippen LogP contribution < -0.4 is 0 Å². The van der Waals surface area contributed by atoms with Gasteiger partial charge in [-0.25, -0.2) is 4.39 Å². The summed E-state index contributed by atoms with van der Waals surface area (Å²) in [5.41, 5.74) is -9.75. The average molecular weight is 788 g/mol. The fourth-order valence-corrected chi connectivity index (χ4v) is 2.82. The zero-order chi connectivity index (χ0) is 40.0. The molecular weight excluding hydrogens is 783 g/mol. The van der Waals surface area contributed by atoms with Crippen LogP contribution in [0.3, 0.4) is 0 Å². The van der Waals surface area contributed by atoms with Crippen LogP contribution in [0.4, 0.5) is 127 Å². The second kappa shape index (κ2) is 11.2. The fraction of sp³-hybridized carbons (Fsp3) is 0.889. The van der Waals surface area contributed by atoms with Gasteiger partial charge in [0.2, 0.25) is 0 Å². The lowest BCUT2D eigenvalue weighted by molar-refractivity contribution is -0.490. The van der Waals surface area contributed by atoms with Crippen molar-refractivity contribution < 1.29 is 132 Å². The van der Waals surface area contributed by atoms with Crippen molar-refractivity contribution in [3.05, 3.63) is 0 Å². The molecule has 0 radical (unpaired) electrons. The Bertz CT molecular complexity index is 1240. The predicted molar refractivity (Wildman–Crippen MR) is 89.8 cm³/mol. The zero-order valence-electron chi connectivity index (χ0n) is 21.0. The molecule has 0 fully saturated rings. The van der Waals surface area contributed by atoms with Crippen molar-refractivity contribution >= 4 is 0 Å². The van der Waals surface area contributed by atoms with Gasteiger partial charge in [0.25, 0.3) is 0 Å². The molecule has 0 aliphatic heterocycles.